The van der Waals surface area contributed by atoms with E-state index in [0.29, 0.717) is 16.5 Å². The highest BCUT2D eigenvalue weighted by Gasteiger charge is 2.15. The molecule has 0 unspecified atom stereocenters. The maximum Gasteiger partial charge on any atom is 0.338 e. The van der Waals surface area contributed by atoms with E-state index in [1.54, 1.807) is 48.5 Å². The van der Waals surface area contributed by atoms with Gasteiger partial charge < -0.3 is 19.8 Å². The normalized spacial score (nSPS) is 10.2. The number of halogens is 1. The summed E-state index contributed by atoms with van der Waals surface area (Å²) in [7, 11) is 0. The molecule has 0 spiro atoms. The second kappa shape index (κ2) is 9.57. The molecule has 0 saturated carbocycles. The first kappa shape index (κ1) is 20.2. The van der Waals surface area contributed by atoms with E-state index in [2.05, 4.69) is 10.6 Å². The molecule has 2 aromatic carbocycles. The fourth-order valence-corrected chi connectivity index (χ4v) is 2.58. The highest BCUT2D eigenvalue weighted by molar-refractivity contribution is 6.30. The summed E-state index contributed by atoms with van der Waals surface area (Å²) in [4.78, 5) is 36.6. The summed E-state index contributed by atoms with van der Waals surface area (Å²) >= 11 is 5.77. The van der Waals surface area contributed by atoms with Gasteiger partial charge in [0.05, 0.1) is 29.6 Å². The minimum Gasteiger partial charge on any atom is -0.467 e. The summed E-state index contributed by atoms with van der Waals surface area (Å²) in [5, 5.41) is 5.78. The number of ether oxygens (including phenoxy) is 1. The van der Waals surface area contributed by atoms with Crippen LogP contribution in [0.2, 0.25) is 5.02 Å². The predicted molar refractivity (Wildman–Crippen MR) is 107 cm³/mol. The second-order valence-electron chi connectivity index (χ2n) is 5.94. The van der Waals surface area contributed by atoms with Crippen molar-refractivity contribution in [1.29, 1.82) is 0 Å². The summed E-state index contributed by atoms with van der Waals surface area (Å²) < 4.78 is 10.2. The van der Waals surface area contributed by atoms with Gasteiger partial charge in [-0.05, 0) is 48.5 Å². The Morgan fingerprint density at radius 3 is 2.45 bits per heavy atom. The number of esters is 1. The zero-order valence-electron chi connectivity index (χ0n) is 15.2. The standard InChI is InChI=1S/C21H17ClN2O5/c22-15-9-7-14(8-10-15)21(27)29-13-19(25)24-18-6-2-1-5-17(18)20(26)23-12-16-4-3-11-28-16/h1-11H,12-13H2,(H,23,26)(H,24,25). The fourth-order valence-electron chi connectivity index (χ4n) is 2.45. The second-order valence-corrected chi connectivity index (χ2v) is 6.38. The zero-order chi connectivity index (χ0) is 20.6. The van der Waals surface area contributed by atoms with Gasteiger partial charge in [0.25, 0.3) is 11.8 Å². The molecule has 148 valence electrons. The van der Waals surface area contributed by atoms with Crippen LogP contribution in [0.4, 0.5) is 5.69 Å². The van der Waals surface area contributed by atoms with Gasteiger partial charge in [-0.3, -0.25) is 9.59 Å². The van der Waals surface area contributed by atoms with E-state index in [1.165, 1.54) is 18.4 Å². The smallest absolute Gasteiger partial charge is 0.338 e. The molecule has 0 saturated heterocycles. The number of hydrogen-bond acceptors (Lipinski definition) is 5. The Balaban J connectivity index is 1.56. The number of para-hydroxylation sites is 1. The molecular formula is C21H17ClN2O5. The van der Waals surface area contributed by atoms with Crippen LogP contribution in [-0.2, 0) is 16.1 Å². The van der Waals surface area contributed by atoms with Crippen molar-refractivity contribution in [1.82, 2.24) is 5.32 Å². The van der Waals surface area contributed by atoms with Crippen molar-refractivity contribution in [3.05, 3.63) is 88.8 Å². The van der Waals surface area contributed by atoms with Crippen LogP contribution in [0, 0.1) is 0 Å². The summed E-state index contributed by atoms with van der Waals surface area (Å²) in [6.45, 7) is -0.281. The van der Waals surface area contributed by atoms with E-state index in [0.717, 1.165) is 0 Å². The number of carbonyl (C=O) groups is 3. The van der Waals surface area contributed by atoms with Gasteiger partial charge >= 0.3 is 5.97 Å². The maximum atomic E-state index is 12.4. The van der Waals surface area contributed by atoms with Gasteiger partial charge in [0.2, 0.25) is 0 Å². The van der Waals surface area contributed by atoms with Crippen molar-refractivity contribution >= 4 is 35.1 Å². The quantitative estimate of drug-likeness (QED) is 0.577. The molecule has 0 atom stereocenters. The van der Waals surface area contributed by atoms with Gasteiger partial charge in [0.15, 0.2) is 6.61 Å². The number of anilines is 1. The zero-order valence-corrected chi connectivity index (χ0v) is 15.9. The lowest BCUT2D eigenvalue weighted by atomic mass is 10.1. The van der Waals surface area contributed by atoms with Gasteiger partial charge in [-0.25, -0.2) is 4.79 Å². The minimum atomic E-state index is -0.652. The molecule has 2 amide bonds. The van der Waals surface area contributed by atoms with Crippen LogP contribution in [0.1, 0.15) is 26.5 Å². The molecule has 0 radical (unpaired) electrons. The maximum absolute atomic E-state index is 12.4. The molecule has 0 aliphatic rings. The molecule has 0 aliphatic carbocycles. The molecule has 2 N–H and O–H groups in total. The summed E-state index contributed by atoms with van der Waals surface area (Å²) in [6, 6.07) is 16.1. The Labute approximate surface area is 171 Å². The van der Waals surface area contributed by atoms with Crippen molar-refractivity contribution in [3.63, 3.8) is 0 Å². The van der Waals surface area contributed by atoms with E-state index in [-0.39, 0.29) is 23.6 Å². The van der Waals surface area contributed by atoms with Crippen LogP contribution < -0.4 is 10.6 Å². The number of rotatable bonds is 7. The lowest BCUT2D eigenvalue weighted by Gasteiger charge is -2.11. The molecule has 1 aromatic heterocycles. The summed E-state index contributed by atoms with van der Waals surface area (Å²) in [5.74, 6) is -0.996. The third kappa shape index (κ3) is 5.70. The number of furan rings is 1. The highest BCUT2D eigenvalue weighted by atomic mass is 35.5. The Kier molecular flexibility index (Phi) is 6.65. The predicted octanol–water partition coefficient (Wildman–Crippen LogP) is 3.66. The van der Waals surface area contributed by atoms with Crippen LogP contribution in [0.5, 0.6) is 0 Å². The molecule has 7 nitrogen and oxygen atoms in total. The first-order chi connectivity index (χ1) is 14.0. The van der Waals surface area contributed by atoms with Crippen LogP contribution in [-0.4, -0.2) is 24.4 Å². The van der Waals surface area contributed by atoms with Crippen LogP contribution in [0.15, 0.2) is 71.3 Å². The van der Waals surface area contributed by atoms with Crippen molar-refractivity contribution in [2.45, 2.75) is 6.54 Å². The van der Waals surface area contributed by atoms with Crippen molar-refractivity contribution in [2.24, 2.45) is 0 Å². The third-order valence-electron chi connectivity index (χ3n) is 3.86. The average molecular weight is 413 g/mol. The van der Waals surface area contributed by atoms with E-state index < -0.39 is 18.5 Å². The van der Waals surface area contributed by atoms with Crippen molar-refractivity contribution in [3.8, 4) is 0 Å². The Morgan fingerprint density at radius 2 is 1.72 bits per heavy atom. The molecule has 3 rings (SSSR count). The number of hydrogen-bond donors (Lipinski definition) is 2. The van der Waals surface area contributed by atoms with Crippen LogP contribution in [0.3, 0.4) is 0 Å². The van der Waals surface area contributed by atoms with Gasteiger partial charge in [-0.15, -0.1) is 0 Å². The molecule has 29 heavy (non-hydrogen) atoms. The summed E-state index contributed by atoms with van der Waals surface area (Å²) in [5.41, 5.74) is 0.855. The Morgan fingerprint density at radius 1 is 0.966 bits per heavy atom. The van der Waals surface area contributed by atoms with E-state index in [1.807, 2.05) is 0 Å². The lowest BCUT2D eigenvalue weighted by Crippen LogP contribution is -2.26. The van der Waals surface area contributed by atoms with Crippen LogP contribution >= 0.6 is 11.6 Å². The molecule has 0 aliphatic heterocycles. The largest absolute Gasteiger partial charge is 0.467 e. The van der Waals surface area contributed by atoms with Crippen LogP contribution in [0.25, 0.3) is 0 Å². The van der Waals surface area contributed by atoms with Crippen molar-refractivity contribution < 1.29 is 23.5 Å². The van der Waals surface area contributed by atoms with Crippen molar-refractivity contribution in [2.75, 3.05) is 11.9 Å². The highest BCUT2D eigenvalue weighted by Crippen LogP contribution is 2.16. The van der Waals surface area contributed by atoms with Gasteiger partial charge in [0.1, 0.15) is 5.76 Å². The topological polar surface area (TPSA) is 97.6 Å². The molecule has 3 aromatic rings. The summed E-state index contributed by atoms with van der Waals surface area (Å²) in [6.07, 6.45) is 1.51. The monoisotopic (exact) mass is 412 g/mol. The average Bonchev–Trinajstić information content (AvgIpc) is 3.25. The molecule has 8 heteroatoms. The fraction of sp³-hybridized carbons (Fsp3) is 0.0952. The Bertz CT molecular complexity index is 1000. The lowest BCUT2D eigenvalue weighted by molar-refractivity contribution is -0.119. The molecular weight excluding hydrogens is 396 g/mol. The van der Waals surface area contributed by atoms with E-state index in [9.17, 15) is 14.4 Å². The minimum absolute atomic E-state index is 0.215. The van der Waals surface area contributed by atoms with Gasteiger partial charge in [-0.2, -0.15) is 0 Å². The van der Waals surface area contributed by atoms with E-state index >= 15 is 0 Å². The Hall–Kier alpha value is -3.58. The SMILES string of the molecule is O=C(COC(=O)c1ccc(Cl)cc1)Nc1ccccc1C(=O)NCc1ccco1. The number of carbonyl (C=O) groups excluding carboxylic acids is 3. The number of nitrogens with one attached hydrogen (secondary N) is 2. The number of benzene rings is 2. The van der Waals surface area contributed by atoms with E-state index in [4.69, 9.17) is 20.8 Å². The number of amides is 2. The molecule has 1 heterocycles. The first-order valence-corrected chi connectivity index (χ1v) is 9.03. The van der Waals surface area contributed by atoms with Gasteiger partial charge in [-0.1, -0.05) is 23.7 Å². The first-order valence-electron chi connectivity index (χ1n) is 8.65. The third-order valence-corrected chi connectivity index (χ3v) is 4.12. The van der Waals surface area contributed by atoms with Gasteiger partial charge in [0, 0.05) is 5.02 Å². The molecule has 0 bridgehead atoms. The molecule has 0 fully saturated rings.